The Labute approximate surface area is 156 Å². The monoisotopic (exact) mass is 362 g/mol. The average molecular weight is 362 g/mol. The number of nitrogen functional groups attached to an aromatic ring is 1. The maximum atomic E-state index is 14.1. The van der Waals surface area contributed by atoms with Crippen LogP contribution in [0.1, 0.15) is 35.4 Å². The number of hydrogen-bond acceptors (Lipinski definition) is 5. The van der Waals surface area contributed by atoms with E-state index in [9.17, 15) is 4.39 Å². The van der Waals surface area contributed by atoms with Gasteiger partial charge < -0.3 is 11.1 Å². The van der Waals surface area contributed by atoms with Gasteiger partial charge in [-0.25, -0.2) is 19.0 Å². The molecular formula is C20H19FN6. The number of benzene rings is 1. The molecule has 1 aromatic carbocycles. The number of fused-ring (bicyclic) bond motifs is 1. The molecule has 3 aromatic rings. The molecular weight excluding hydrogens is 343 g/mol. The largest absolute Gasteiger partial charge is 0.383 e. The van der Waals surface area contributed by atoms with Gasteiger partial charge in [-0.1, -0.05) is 30.4 Å². The van der Waals surface area contributed by atoms with Gasteiger partial charge in [0.05, 0.1) is 6.54 Å². The summed E-state index contributed by atoms with van der Waals surface area (Å²) in [6.07, 6.45) is 8.12. The summed E-state index contributed by atoms with van der Waals surface area (Å²) in [4.78, 5) is 9.02. The minimum Gasteiger partial charge on any atom is -0.383 e. The van der Waals surface area contributed by atoms with E-state index in [1.54, 1.807) is 16.8 Å². The van der Waals surface area contributed by atoms with Crippen molar-refractivity contribution in [3.8, 4) is 11.5 Å². The second-order valence-electron chi connectivity index (χ2n) is 6.95. The molecule has 6 nitrogen and oxygen atoms in total. The van der Waals surface area contributed by atoms with Crippen molar-refractivity contribution in [2.45, 2.75) is 25.3 Å². The number of anilines is 2. The summed E-state index contributed by atoms with van der Waals surface area (Å²) in [5, 5.41) is 8.01. The van der Waals surface area contributed by atoms with Crippen LogP contribution >= 0.6 is 0 Å². The number of nitrogens with two attached hydrogens (primary N) is 1. The number of aromatic nitrogens is 4. The lowest BCUT2D eigenvalue weighted by Gasteiger charge is -2.13. The van der Waals surface area contributed by atoms with E-state index in [0.29, 0.717) is 41.9 Å². The molecule has 5 rings (SSSR count). The number of nitrogens with one attached hydrogen (secondary N) is 1. The van der Waals surface area contributed by atoms with E-state index in [2.05, 4.69) is 20.4 Å². The Balaban J connectivity index is 1.57. The molecule has 0 unspecified atom stereocenters. The standard InChI is InChI=1S/C20H19FN6/c21-16-6-2-1-4-13(16)11-27-20-14(5-3-9-23-20)17(26-27)19-24-10-15(12-7-8-12)18(22)25-19/h1-6,10,12,23H,7-9,11H2,(H2,22,24,25). The Morgan fingerprint density at radius 3 is 2.89 bits per heavy atom. The smallest absolute Gasteiger partial charge is 0.182 e. The van der Waals surface area contributed by atoms with E-state index >= 15 is 0 Å². The van der Waals surface area contributed by atoms with Crippen LogP contribution < -0.4 is 11.1 Å². The first-order chi connectivity index (χ1) is 13.2. The number of halogens is 1. The van der Waals surface area contributed by atoms with Crippen molar-refractivity contribution in [1.82, 2.24) is 19.7 Å². The highest BCUT2D eigenvalue weighted by molar-refractivity contribution is 5.79. The van der Waals surface area contributed by atoms with Crippen LogP contribution in [0.5, 0.6) is 0 Å². The highest BCUT2D eigenvalue weighted by atomic mass is 19.1. The average Bonchev–Trinajstić information content (AvgIpc) is 3.46. The third kappa shape index (κ3) is 2.85. The van der Waals surface area contributed by atoms with E-state index < -0.39 is 0 Å². The fourth-order valence-corrected chi connectivity index (χ4v) is 3.45. The van der Waals surface area contributed by atoms with Crippen molar-refractivity contribution in [3.05, 3.63) is 59.0 Å². The normalized spacial score (nSPS) is 15.4. The highest BCUT2D eigenvalue weighted by Gasteiger charge is 2.28. The summed E-state index contributed by atoms with van der Waals surface area (Å²) in [6, 6.07) is 6.73. The molecule has 3 N–H and O–H groups in total. The molecule has 0 amide bonds. The van der Waals surface area contributed by atoms with Crippen LogP contribution in [0.3, 0.4) is 0 Å². The molecule has 1 aliphatic carbocycles. The lowest BCUT2D eigenvalue weighted by Crippen LogP contribution is -2.12. The van der Waals surface area contributed by atoms with E-state index in [1.807, 2.05) is 24.4 Å². The van der Waals surface area contributed by atoms with Gasteiger partial charge in [-0.2, -0.15) is 5.10 Å². The fraction of sp³-hybridized carbons (Fsp3) is 0.250. The molecule has 136 valence electrons. The SMILES string of the molecule is Nc1nc(-c2nn(Cc3ccccc3F)c3c2C=CCN3)ncc1C1CC1. The van der Waals surface area contributed by atoms with Crippen LogP contribution in [0.2, 0.25) is 0 Å². The van der Waals surface area contributed by atoms with Gasteiger partial charge in [-0.3, -0.25) is 0 Å². The van der Waals surface area contributed by atoms with Crippen LogP contribution in [0, 0.1) is 5.82 Å². The lowest BCUT2D eigenvalue weighted by molar-refractivity contribution is 0.587. The first-order valence-corrected chi connectivity index (χ1v) is 9.08. The molecule has 3 heterocycles. The Kier molecular flexibility index (Phi) is 3.67. The van der Waals surface area contributed by atoms with E-state index in [4.69, 9.17) is 5.73 Å². The van der Waals surface area contributed by atoms with Gasteiger partial charge in [0.2, 0.25) is 0 Å². The van der Waals surface area contributed by atoms with Gasteiger partial charge in [0.1, 0.15) is 23.1 Å². The van der Waals surface area contributed by atoms with E-state index in [-0.39, 0.29) is 5.82 Å². The molecule has 2 aliphatic rings. The van der Waals surface area contributed by atoms with E-state index in [0.717, 1.165) is 29.8 Å². The Morgan fingerprint density at radius 2 is 2.11 bits per heavy atom. The molecule has 2 aromatic heterocycles. The Bertz CT molecular complexity index is 1050. The maximum absolute atomic E-state index is 14.1. The molecule has 1 saturated carbocycles. The molecule has 27 heavy (non-hydrogen) atoms. The zero-order valence-corrected chi connectivity index (χ0v) is 14.7. The lowest BCUT2D eigenvalue weighted by atomic mass is 10.1. The maximum Gasteiger partial charge on any atom is 0.182 e. The summed E-state index contributed by atoms with van der Waals surface area (Å²) in [7, 11) is 0. The summed E-state index contributed by atoms with van der Waals surface area (Å²) in [5.41, 5.74) is 9.31. The van der Waals surface area contributed by atoms with Gasteiger partial charge >= 0.3 is 0 Å². The number of rotatable bonds is 4. The third-order valence-corrected chi connectivity index (χ3v) is 5.02. The molecule has 7 heteroatoms. The number of nitrogens with zero attached hydrogens (tertiary/aromatic N) is 4. The van der Waals surface area contributed by atoms with Crippen molar-refractivity contribution < 1.29 is 4.39 Å². The minimum atomic E-state index is -0.246. The van der Waals surface area contributed by atoms with Crippen molar-refractivity contribution in [3.63, 3.8) is 0 Å². The second kappa shape index (κ2) is 6.19. The predicted molar refractivity (Wildman–Crippen MR) is 103 cm³/mol. The van der Waals surface area contributed by atoms with Gasteiger partial charge in [0.25, 0.3) is 0 Å². The van der Waals surface area contributed by atoms with Gasteiger partial charge in [-0.05, 0) is 24.8 Å². The van der Waals surface area contributed by atoms with Gasteiger partial charge in [0, 0.05) is 29.4 Å². The molecule has 0 atom stereocenters. The first kappa shape index (κ1) is 16.0. The zero-order chi connectivity index (χ0) is 18.4. The van der Waals surface area contributed by atoms with Crippen LogP contribution in [0.4, 0.5) is 16.0 Å². The van der Waals surface area contributed by atoms with Crippen LogP contribution in [-0.2, 0) is 6.54 Å². The van der Waals surface area contributed by atoms with Gasteiger partial charge in [-0.15, -0.1) is 0 Å². The summed E-state index contributed by atoms with van der Waals surface area (Å²) < 4.78 is 15.9. The molecule has 0 saturated heterocycles. The topological polar surface area (TPSA) is 81.6 Å². The molecule has 0 bridgehead atoms. The zero-order valence-electron chi connectivity index (χ0n) is 14.7. The van der Waals surface area contributed by atoms with Gasteiger partial charge in [0.15, 0.2) is 5.82 Å². The number of hydrogen-bond donors (Lipinski definition) is 2. The fourth-order valence-electron chi connectivity index (χ4n) is 3.45. The molecule has 1 fully saturated rings. The summed E-state index contributed by atoms with van der Waals surface area (Å²) in [6.45, 7) is 1.02. The second-order valence-corrected chi connectivity index (χ2v) is 6.95. The first-order valence-electron chi connectivity index (χ1n) is 9.08. The summed E-state index contributed by atoms with van der Waals surface area (Å²) >= 11 is 0. The Hall–Kier alpha value is -3.22. The molecule has 1 aliphatic heterocycles. The van der Waals surface area contributed by atoms with Crippen molar-refractivity contribution in [1.29, 1.82) is 0 Å². The summed E-state index contributed by atoms with van der Waals surface area (Å²) in [5.74, 6) is 2.10. The highest BCUT2D eigenvalue weighted by Crippen LogP contribution is 2.42. The van der Waals surface area contributed by atoms with Crippen molar-refractivity contribution in [2.75, 3.05) is 17.6 Å². The van der Waals surface area contributed by atoms with E-state index in [1.165, 1.54) is 6.07 Å². The molecule has 0 radical (unpaired) electrons. The van der Waals surface area contributed by atoms with Crippen molar-refractivity contribution in [2.24, 2.45) is 0 Å². The minimum absolute atomic E-state index is 0.246. The van der Waals surface area contributed by atoms with Crippen LogP contribution in [-0.4, -0.2) is 26.3 Å². The van der Waals surface area contributed by atoms with Crippen LogP contribution in [0.15, 0.2) is 36.5 Å². The quantitative estimate of drug-likeness (QED) is 0.743. The predicted octanol–water partition coefficient (Wildman–Crippen LogP) is 3.43. The molecule has 0 spiro atoms. The van der Waals surface area contributed by atoms with Crippen molar-refractivity contribution >= 4 is 17.7 Å². The van der Waals surface area contributed by atoms with Crippen LogP contribution in [0.25, 0.3) is 17.6 Å². The third-order valence-electron chi connectivity index (χ3n) is 5.02. The Morgan fingerprint density at radius 1 is 1.26 bits per heavy atom.